The number of fused-ring (bicyclic) bond motifs is 2. The van der Waals surface area contributed by atoms with E-state index in [-0.39, 0.29) is 0 Å². The highest BCUT2D eigenvalue weighted by Crippen LogP contribution is 2.43. The highest BCUT2D eigenvalue weighted by molar-refractivity contribution is 5.99. The maximum atomic E-state index is 10.7. The quantitative estimate of drug-likeness (QED) is 0.618. The SMILES string of the molecule is O[C@@H]1c2ccccc2-c2nn(Cc3ccon3)c3cccc1c23. The van der Waals surface area contributed by atoms with E-state index in [2.05, 4.69) is 5.16 Å². The number of aliphatic hydroxyl groups excluding tert-OH is 1. The van der Waals surface area contributed by atoms with E-state index in [9.17, 15) is 5.11 Å². The lowest BCUT2D eigenvalue weighted by atomic mass is 9.86. The number of nitrogens with zero attached hydrogens (tertiary/aromatic N) is 3. The lowest BCUT2D eigenvalue weighted by molar-refractivity contribution is 0.221. The summed E-state index contributed by atoms with van der Waals surface area (Å²) in [6, 6.07) is 15.7. The average Bonchev–Trinajstić information content (AvgIpc) is 3.22. The van der Waals surface area contributed by atoms with Crippen LogP contribution in [0.2, 0.25) is 0 Å². The van der Waals surface area contributed by atoms with E-state index >= 15 is 0 Å². The van der Waals surface area contributed by atoms with E-state index in [4.69, 9.17) is 9.62 Å². The number of rotatable bonds is 2. The molecule has 0 radical (unpaired) electrons. The molecule has 0 saturated heterocycles. The second-order valence-electron chi connectivity index (χ2n) is 5.73. The van der Waals surface area contributed by atoms with Crippen molar-refractivity contribution in [2.45, 2.75) is 12.6 Å². The van der Waals surface area contributed by atoms with Gasteiger partial charge in [0, 0.05) is 17.0 Å². The molecule has 1 aliphatic carbocycles. The first-order chi connectivity index (χ1) is 11.3. The Hall–Kier alpha value is -2.92. The van der Waals surface area contributed by atoms with Crippen LogP contribution in [0, 0.1) is 0 Å². The third-order valence-corrected chi connectivity index (χ3v) is 4.42. The normalized spacial score (nSPS) is 15.8. The number of hydrogen-bond acceptors (Lipinski definition) is 4. The summed E-state index contributed by atoms with van der Waals surface area (Å²) in [5.74, 6) is 0. The van der Waals surface area contributed by atoms with Crippen molar-refractivity contribution >= 4 is 10.9 Å². The third kappa shape index (κ3) is 1.71. The van der Waals surface area contributed by atoms with Crippen molar-refractivity contribution in [3.63, 3.8) is 0 Å². The van der Waals surface area contributed by atoms with Gasteiger partial charge in [0.2, 0.25) is 0 Å². The molecule has 1 N–H and O–H groups in total. The molecule has 112 valence electrons. The van der Waals surface area contributed by atoms with E-state index in [1.807, 2.05) is 53.2 Å². The average molecular weight is 303 g/mol. The zero-order valence-corrected chi connectivity index (χ0v) is 12.2. The lowest BCUT2D eigenvalue weighted by Gasteiger charge is -2.21. The van der Waals surface area contributed by atoms with E-state index in [0.717, 1.165) is 39.0 Å². The van der Waals surface area contributed by atoms with Crippen molar-refractivity contribution in [1.29, 1.82) is 0 Å². The molecule has 0 saturated carbocycles. The number of aromatic nitrogens is 3. The minimum absolute atomic E-state index is 0.536. The molecular weight excluding hydrogens is 290 g/mol. The Labute approximate surface area is 131 Å². The highest BCUT2D eigenvalue weighted by atomic mass is 16.5. The number of benzene rings is 2. The standard InChI is InChI=1S/C18H13N3O2/c22-18-13-5-2-1-4-12(13)17-16-14(18)6-3-7-15(16)21(19-17)10-11-8-9-23-20-11/h1-9,18,22H,10H2/t18-/m1/s1. The van der Waals surface area contributed by atoms with Crippen LogP contribution in [0.15, 0.2) is 59.3 Å². The zero-order valence-electron chi connectivity index (χ0n) is 12.2. The van der Waals surface area contributed by atoms with Crippen LogP contribution < -0.4 is 0 Å². The first-order valence-electron chi connectivity index (χ1n) is 7.49. The van der Waals surface area contributed by atoms with Crippen LogP contribution in [0.4, 0.5) is 0 Å². The summed E-state index contributed by atoms with van der Waals surface area (Å²) in [5, 5.41) is 20.5. The first kappa shape index (κ1) is 12.6. The van der Waals surface area contributed by atoms with Crippen molar-refractivity contribution in [3.05, 3.63) is 71.6 Å². The topological polar surface area (TPSA) is 64.1 Å². The maximum Gasteiger partial charge on any atom is 0.124 e. The summed E-state index contributed by atoms with van der Waals surface area (Å²) in [7, 11) is 0. The summed E-state index contributed by atoms with van der Waals surface area (Å²) < 4.78 is 6.83. The monoisotopic (exact) mass is 303 g/mol. The van der Waals surface area contributed by atoms with Gasteiger partial charge in [-0.05, 0) is 17.2 Å². The molecule has 2 aromatic heterocycles. The summed E-state index contributed by atoms with van der Waals surface area (Å²) in [5.41, 5.74) is 5.53. The zero-order chi connectivity index (χ0) is 15.4. The van der Waals surface area contributed by atoms with Gasteiger partial charge in [0.15, 0.2) is 0 Å². The fraction of sp³-hybridized carbons (Fsp3) is 0.111. The van der Waals surface area contributed by atoms with E-state index in [1.165, 1.54) is 0 Å². The molecule has 0 spiro atoms. The Morgan fingerprint density at radius 3 is 2.78 bits per heavy atom. The smallest absolute Gasteiger partial charge is 0.124 e. The van der Waals surface area contributed by atoms with Crippen LogP contribution in [0.1, 0.15) is 22.9 Å². The second kappa shape index (κ2) is 4.54. The molecule has 5 heteroatoms. The third-order valence-electron chi connectivity index (χ3n) is 4.42. The molecule has 0 fully saturated rings. The number of aliphatic hydroxyl groups is 1. The van der Waals surface area contributed by atoms with Crippen molar-refractivity contribution in [2.24, 2.45) is 0 Å². The van der Waals surface area contributed by atoms with Crippen molar-refractivity contribution in [1.82, 2.24) is 14.9 Å². The fourth-order valence-corrected chi connectivity index (χ4v) is 3.38. The van der Waals surface area contributed by atoms with Gasteiger partial charge in [-0.2, -0.15) is 5.10 Å². The van der Waals surface area contributed by atoms with Gasteiger partial charge >= 0.3 is 0 Å². The molecule has 1 aliphatic rings. The molecule has 5 rings (SSSR count). The van der Waals surface area contributed by atoms with Crippen LogP contribution in [0.5, 0.6) is 0 Å². The van der Waals surface area contributed by atoms with Crippen LogP contribution in [0.3, 0.4) is 0 Å². The highest BCUT2D eigenvalue weighted by Gasteiger charge is 2.28. The second-order valence-corrected chi connectivity index (χ2v) is 5.73. The van der Waals surface area contributed by atoms with Crippen LogP contribution >= 0.6 is 0 Å². The molecule has 0 aliphatic heterocycles. The molecule has 5 nitrogen and oxygen atoms in total. The molecule has 4 aromatic rings. The van der Waals surface area contributed by atoms with Crippen molar-refractivity contribution in [3.8, 4) is 11.3 Å². The Kier molecular flexibility index (Phi) is 2.49. The largest absolute Gasteiger partial charge is 0.384 e. The van der Waals surface area contributed by atoms with Gasteiger partial charge in [-0.3, -0.25) is 4.68 Å². The summed E-state index contributed by atoms with van der Waals surface area (Å²) in [6.45, 7) is 0.536. The van der Waals surface area contributed by atoms with Crippen molar-refractivity contribution < 1.29 is 9.63 Å². The summed E-state index contributed by atoms with van der Waals surface area (Å²) in [6.07, 6.45) is 0.942. The van der Waals surface area contributed by atoms with Crippen LogP contribution in [0.25, 0.3) is 22.2 Å². The first-order valence-corrected chi connectivity index (χ1v) is 7.49. The lowest BCUT2D eigenvalue weighted by Crippen LogP contribution is -2.06. The van der Waals surface area contributed by atoms with Gasteiger partial charge in [-0.25, -0.2) is 0 Å². The summed E-state index contributed by atoms with van der Waals surface area (Å²) >= 11 is 0. The molecule has 0 bridgehead atoms. The van der Waals surface area contributed by atoms with Gasteiger partial charge < -0.3 is 9.63 Å². The van der Waals surface area contributed by atoms with Gasteiger partial charge in [-0.15, -0.1) is 0 Å². The van der Waals surface area contributed by atoms with Gasteiger partial charge in [0.25, 0.3) is 0 Å². The predicted molar refractivity (Wildman–Crippen MR) is 84.8 cm³/mol. The van der Waals surface area contributed by atoms with Crippen LogP contribution in [-0.2, 0) is 6.54 Å². The van der Waals surface area contributed by atoms with Crippen LogP contribution in [-0.4, -0.2) is 20.0 Å². The molecule has 1 atom stereocenters. The fourth-order valence-electron chi connectivity index (χ4n) is 3.38. The minimum atomic E-state index is -0.618. The Bertz CT molecular complexity index is 1020. The van der Waals surface area contributed by atoms with Crippen molar-refractivity contribution in [2.75, 3.05) is 0 Å². The Balaban J connectivity index is 1.81. The van der Waals surface area contributed by atoms with E-state index in [0.29, 0.717) is 6.54 Å². The van der Waals surface area contributed by atoms with E-state index in [1.54, 1.807) is 6.26 Å². The minimum Gasteiger partial charge on any atom is -0.384 e. The molecular formula is C18H13N3O2. The Morgan fingerprint density at radius 1 is 1.04 bits per heavy atom. The van der Waals surface area contributed by atoms with Gasteiger partial charge in [-0.1, -0.05) is 41.6 Å². The molecule has 2 aromatic carbocycles. The predicted octanol–water partition coefficient (Wildman–Crippen LogP) is 3.13. The summed E-state index contributed by atoms with van der Waals surface area (Å²) in [4.78, 5) is 0. The number of hydrogen-bond donors (Lipinski definition) is 1. The Morgan fingerprint density at radius 2 is 1.91 bits per heavy atom. The molecule has 2 heterocycles. The molecule has 0 amide bonds. The van der Waals surface area contributed by atoms with Gasteiger partial charge in [0.1, 0.15) is 23.8 Å². The van der Waals surface area contributed by atoms with Gasteiger partial charge in [0.05, 0.1) is 12.1 Å². The van der Waals surface area contributed by atoms with E-state index < -0.39 is 6.10 Å². The molecule has 23 heavy (non-hydrogen) atoms. The molecule has 0 unspecified atom stereocenters. The maximum absolute atomic E-state index is 10.7.